The van der Waals surface area contributed by atoms with Gasteiger partial charge in [-0.05, 0) is 48.0 Å². The number of anilines is 1. The molecular formula is C20H16N2O3S. The second kappa shape index (κ2) is 5.93. The van der Waals surface area contributed by atoms with E-state index in [1.165, 1.54) is 22.2 Å². The molecule has 0 aliphatic carbocycles. The van der Waals surface area contributed by atoms with E-state index in [0.29, 0.717) is 16.6 Å². The minimum absolute atomic E-state index is 0.0808. The molecule has 5 nitrogen and oxygen atoms in total. The normalized spacial score (nSPS) is 11.7. The summed E-state index contributed by atoms with van der Waals surface area (Å²) in [5, 5.41) is 10.6. The zero-order chi connectivity index (χ0) is 18.3. The van der Waals surface area contributed by atoms with Crippen LogP contribution in [0.2, 0.25) is 0 Å². The highest BCUT2D eigenvalue weighted by molar-refractivity contribution is 7.90. The van der Waals surface area contributed by atoms with Gasteiger partial charge in [0, 0.05) is 22.8 Å². The summed E-state index contributed by atoms with van der Waals surface area (Å²) in [4.78, 5) is 0.149. The molecule has 0 radical (unpaired) electrons. The Morgan fingerprint density at radius 1 is 0.885 bits per heavy atom. The monoisotopic (exact) mass is 364 g/mol. The first-order valence-electron chi connectivity index (χ1n) is 7.97. The van der Waals surface area contributed by atoms with Crippen LogP contribution in [0.1, 0.15) is 0 Å². The van der Waals surface area contributed by atoms with Crippen molar-refractivity contribution in [2.75, 3.05) is 5.73 Å². The van der Waals surface area contributed by atoms with Crippen molar-refractivity contribution in [3.05, 3.63) is 79.0 Å². The second-order valence-electron chi connectivity index (χ2n) is 5.98. The number of aromatic nitrogens is 1. The van der Waals surface area contributed by atoms with Crippen LogP contribution in [0.3, 0.4) is 0 Å². The Kier molecular flexibility index (Phi) is 3.70. The number of nitrogens with zero attached hydrogens (tertiary/aromatic N) is 1. The van der Waals surface area contributed by atoms with E-state index in [1.54, 1.807) is 30.5 Å². The summed E-state index contributed by atoms with van der Waals surface area (Å²) in [6, 6.07) is 20.2. The van der Waals surface area contributed by atoms with E-state index >= 15 is 0 Å². The molecule has 3 aromatic carbocycles. The highest BCUT2D eigenvalue weighted by atomic mass is 32.2. The van der Waals surface area contributed by atoms with Gasteiger partial charge < -0.3 is 10.8 Å². The molecule has 0 saturated carbocycles. The number of phenolic OH excluding ortho intramolecular Hbond substituents is 1. The molecule has 0 unspecified atom stereocenters. The van der Waals surface area contributed by atoms with Gasteiger partial charge in [-0.1, -0.05) is 30.3 Å². The highest BCUT2D eigenvalue weighted by Gasteiger charge is 2.22. The van der Waals surface area contributed by atoms with Crippen molar-refractivity contribution in [1.29, 1.82) is 0 Å². The summed E-state index contributed by atoms with van der Waals surface area (Å²) in [6.45, 7) is 0. The molecule has 0 fully saturated rings. The van der Waals surface area contributed by atoms with Crippen molar-refractivity contribution in [2.24, 2.45) is 0 Å². The van der Waals surface area contributed by atoms with Crippen molar-refractivity contribution in [3.8, 4) is 16.9 Å². The van der Waals surface area contributed by atoms with E-state index in [-0.39, 0.29) is 10.6 Å². The Labute approximate surface area is 151 Å². The Morgan fingerprint density at radius 3 is 2.27 bits per heavy atom. The van der Waals surface area contributed by atoms with Gasteiger partial charge in [0.25, 0.3) is 10.0 Å². The minimum Gasteiger partial charge on any atom is -0.508 e. The summed E-state index contributed by atoms with van der Waals surface area (Å²) in [5.74, 6) is 0.0808. The molecule has 26 heavy (non-hydrogen) atoms. The van der Waals surface area contributed by atoms with Gasteiger partial charge in [0.05, 0.1) is 10.4 Å². The van der Waals surface area contributed by atoms with Gasteiger partial charge in [-0.2, -0.15) is 0 Å². The maximum absolute atomic E-state index is 13.1. The quantitative estimate of drug-likeness (QED) is 0.541. The molecule has 0 saturated heterocycles. The molecule has 0 amide bonds. The average Bonchev–Trinajstić information content (AvgIpc) is 3.02. The number of aromatic hydroxyl groups is 1. The first-order valence-corrected chi connectivity index (χ1v) is 9.41. The predicted molar refractivity (Wildman–Crippen MR) is 102 cm³/mol. The molecule has 0 aliphatic heterocycles. The van der Waals surface area contributed by atoms with Crippen LogP contribution in [0.5, 0.6) is 5.75 Å². The van der Waals surface area contributed by atoms with Crippen molar-refractivity contribution < 1.29 is 13.5 Å². The van der Waals surface area contributed by atoms with Crippen molar-refractivity contribution in [1.82, 2.24) is 3.97 Å². The van der Waals surface area contributed by atoms with Gasteiger partial charge in [0.15, 0.2) is 0 Å². The smallest absolute Gasteiger partial charge is 0.268 e. The number of hydrogen-bond donors (Lipinski definition) is 2. The van der Waals surface area contributed by atoms with Crippen LogP contribution in [0.25, 0.3) is 22.0 Å². The second-order valence-corrected chi connectivity index (χ2v) is 7.80. The lowest BCUT2D eigenvalue weighted by atomic mass is 10.1. The fourth-order valence-corrected chi connectivity index (χ4v) is 4.36. The van der Waals surface area contributed by atoms with E-state index < -0.39 is 10.0 Å². The molecule has 0 atom stereocenters. The summed E-state index contributed by atoms with van der Waals surface area (Å²) in [5.41, 5.74) is 8.26. The van der Waals surface area contributed by atoms with Crippen LogP contribution in [-0.4, -0.2) is 17.5 Å². The van der Waals surface area contributed by atoms with Crippen LogP contribution >= 0.6 is 0 Å². The highest BCUT2D eigenvalue weighted by Crippen LogP contribution is 2.34. The lowest BCUT2D eigenvalue weighted by Gasteiger charge is -2.08. The molecule has 1 heterocycles. The van der Waals surface area contributed by atoms with E-state index in [9.17, 15) is 13.5 Å². The van der Waals surface area contributed by atoms with Crippen LogP contribution in [0, 0.1) is 0 Å². The fraction of sp³-hybridized carbons (Fsp3) is 0. The Morgan fingerprint density at radius 2 is 1.58 bits per heavy atom. The van der Waals surface area contributed by atoms with E-state index in [2.05, 4.69) is 0 Å². The van der Waals surface area contributed by atoms with Crippen LogP contribution < -0.4 is 5.73 Å². The van der Waals surface area contributed by atoms with Crippen LogP contribution in [-0.2, 0) is 10.0 Å². The SMILES string of the molecule is Nc1ccc(S(=O)(=O)n2cc(-c3ccccc3)c3cc(O)ccc32)cc1. The first-order chi connectivity index (χ1) is 12.5. The summed E-state index contributed by atoms with van der Waals surface area (Å²) < 4.78 is 27.5. The van der Waals surface area contributed by atoms with Gasteiger partial charge in [-0.15, -0.1) is 0 Å². The number of benzene rings is 3. The molecule has 0 spiro atoms. The molecule has 1 aromatic heterocycles. The molecule has 130 valence electrons. The third-order valence-electron chi connectivity index (χ3n) is 4.28. The van der Waals surface area contributed by atoms with E-state index in [4.69, 9.17) is 5.73 Å². The van der Waals surface area contributed by atoms with E-state index in [1.807, 2.05) is 30.3 Å². The molecule has 0 aliphatic rings. The zero-order valence-corrected chi connectivity index (χ0v) is 14.5. The summed E-state index contributed by atoms with van der Waals surface area (Å²) >= 11 is 0. The fourth-order valence-electron chi connectivity index (χ4n) is 2.99. The van der Waals surface area contributed by atoms with Crippen molar-refractivity contribution in [2.45, 2.75) is 4.90 Å². The molecular weight excluding hydrogens is 348 g/mol. The average molecular weight is 364 g/mol. The topological polar surface area (TPSA) is 85.3 Å². The molecule has 4 aromatic rings. The molecule has 6 heteroatoms. The van der Waals surface area contributed by atoms with Gasteiger partial charge >= 0.3 is 0 Å². The van der Waals surface area contributed by atoms with Crippen molar-refractivity contribution >= 4 is 26.6 Å². The van der Waals surface area contributed by atoms with Gasteiger partial charge in [-0.3, -0.25) is 0 Å². The molecule has 3 N–H and O–H groups in total. The predicted octanol–water partition coefficient (Wildman–Crippen LogP) is 3.83. The summed E-state index contributed by atoms with van der Waals surface area (Å²) in [6.07, 6.45) is 1.59. The van der Waals surface area contributed by atoms with Crippen LogP contribution in [0.15, 0.2) is 83.9 Å². The third kappa shape index (κ3) is 2.60. The largest absolute Gasteiger partial charge is 0.508 e. The Balaban J connectivity index is 2.01. The minimum atomic E-state index is -3.80. The van der Waals surface area contributed by atoms with Gasteiger partial charge in [0.1, 0.15) is 5.75 Å². The number of hydrogen-bond acceptors (Lipinski definition) is 4. The third-order valence-corrected chi connectivity index (χ3v) is 5.96. The number of nitrogens with two attached hydrogens (primary N) is 1. The lowest BCUT2D eigenvalue weighted by Crippen LogP contribution is -2.11. The zero-order valence-electron chi connectivity index (χ0n) is 13.7. The molecule has 0 bridgehead atoms. The first kappa shape index (κ1) is 16.2. The number of nitrogen functional groups attached to an aromatic ring is 1. The Bertz CT molecular complexity index is 1200. The maximum Gasteiger partial charge on any atom is 0.268 e. The lowest BCUT2D eigenvalue weighted by molar-refractivity contribution is 0.476. The number of rotatable bonds is 3. The number of fused-ring (bicyclic) bond motifs is 1. The van der Waals surface area contributed by atoms with Crippen molar-refractivity contribution in [3.63, 3.8) is 0 Å². The standard InChI is InChI=1S/C20H16N2O3S/c21-15-6-9-17(10-7-15)26(24,25)22-13-19(14-4-2-1-3-5-14)18-12-16(23)8-11-20(18)22/h1-13,23H,21H2. The van der Waals surface area contributed by atoms with Gasteiger partial charge in [-0.25, -0.2) is 12.4 Å². The molecule has 4 rings (SSSR count). The Hall–Kier alpha value is -3.25. The van der Waals surface area contributed by atoms with Crippen LogP contribution in [0.4, 0.5) is 5.69 Å². The van der Waals surface area contributed by atoms with E-state index in [0.717, 1.165) is 11.1 Å². The number of phenols is 1. The summed E-state index contributed by atoms with van der Waals surface area (Å²) in [7, 11) is -3.80. The van der Waals surface area contributed by atoms with Gasteiger partial charge in [0.2, 0.25) is 0 Å². The maximum atomic E-state index is 13.1.